The van der Waals surface area contributed by atoms with Crippen LogP contribution in [0.15, 0.2) is 36.1 Å². The third-order valence-corrected chi connectivity index (χ3v) is 1.20. The van der Waals surface area contributed by atoms with Crippen molar-refractivity contribution in [3.05, 3.63) is 36.1 Å². The topological polar surface area (TPSA) is 20.2 Å². The molecule has 0 aromatic carbocycles. The van der Waals surface area contributed by atoms with Gasteiger partial charge in [-0.15, -0.1) is 0 Å². The maximum atomic E-state index is 9.07. The summed E-state index contributed by atoms with van der Waals surface area (Å²) in [6.07, 6.45) is 11.3. The van der Waals surface area contributed by atoms with E-state index < -0.39 is 0 Å². The summed E-state index contributed by atoms with van der Waals surface area (Å²) in [5.74, 6) is 0.305. The van der Waals surface area contributed by atoms with E-state index in [-0.39, 0.29) is 0 Å². The van der Waals surface area contributed by atoms with Crippen molar-refractivity contribution >= 4 is 0 Å². The molecule has 0 aliphatic rings. The van der Waals surface area contributed by atoms with Gasteiger partial charge in [0.25, 0.3) is 0 Å². The van der Waals surface area contributed by atoms with Crippen LogP contribution in [0.25, 0.3) is 0 Å². The SMILES string of the molecule is C\C=C/C(O)=C\C=C\CCC. The first-order valence-corrected chi connectivity index (χ1v) is 3.99. The van der Waals surface area contributed by atoms with Crippen LogP contribution in [0.5, 0.6) is 0 Å². The number of hydrogen-bond acceptors (Lipinski definition) is 1. The van der Waals surface area contributed by atoms with Crippen LogP contribution in [-0.2, 0) is 0 Å². The van der Waals surface area contributed by atoms with Crippen molar-refractivity contribution in [2.24, 2.45) is 0 Å². The normalized spacial score (nSPS) is 13.5. The van der Waals surface area contributed by atoms with Crippen molar-refractivity contribution in [3.63, 3.8) is 0 Å². The highest BCUT2D eigenvalue weighted by molar-refractivity contribution is 5.16. The Morgan fingerprint density at radius 1 is 1.45 bits per heavy atom. The van der Waals surface area contributed by atoms with E-state index in [2.05, 4.69) is 6.92 Å². The maximum absolute atomic E-state index is 9.07. The van der Waals surface area contributed by atoms with Crippen LogP contribution < -0.4 is 0 Å². The molecular weight excluding hydrogens is 136 g/mol. The molecular formula is C10H16O. The van der Waals surface area contributed by atoms with Crippen LogP contribution >= 0.6 is 0 Å². The highest BCUT2D eigenvalue weighted by Crippen LogP contribution is 1.93. The van der Waals surface area contributed by atoms with E-state index >= 15 is 0 Å². The minimum Gasteiger partial charge on any atom is -0.508 e. The fraction of sp³-hybridized carbons (Fsp3) is 0.400. The fourth-order valence-corrected chi connectivity index (χ4v) is 0.656. The van der Waals surface area contributed by atoms with Crippen LogP contribution in [0.3, 0.4) is 0 Å². The average Bonchev–Trinajstić information content (AvgIpc) is 1.99. The molecule has 0 spiro atoms. The molecule has 1 N–H and O–H groups in total. The van der Waals surface area contributed by atoms with Gasteiger partial charge in [0, 0.05) is 0 Å². The molecule has 0 aliphatic carbocycles. The Kier molecular flexibility index (Phi) is 6.50. The zero-order chi connectivity index (χ0) is 8.53. The Morgan fingerprint density at radius 2 is 2.18 bits per heavy atom. The lowest BCUT2D eigenvalue weighted by atomic mass is 10.3. The summed E-state index contributed by atoms with van der Waals surface area (Å²) in [4.78, 5) is 0. The minimum absolute atomic E-state index is 0.305. The maximum Gasteiger partial charge on any atom is 0.115 e. The van der Waals surface area contributed by atoms with Gasteiger partial charge in [-0.2, -0.15) is 0 Å². The lowest BCUT2D eigenvalue weighted by Gasteiger charge is -1.85. The third-order valence-electron chi connectivity index (χ3n) is 1.20. The second kappa shape index (κ2) is 7.13. The molecule has 0 saturated heterocycles. The zero-order valence-electron chi connectivity index (χ0n) is 7.25. The monoisotopic (exact) mass is 152 g/mol. The fourth-order valence-electron chi connectivity index (χ4n) is 0.656. The van der Waals surface area contributed by atoms with Crippen molar-refractivity contribution in [1.82, 2.24) is 0 Å². The molecule has 0 radical (unpaired) electrons. The molecule has 0 aromatic heterocycles. The molecule has 1 nitrogen and oxygen atoms in total. The highest BCUT2D eigenvalue weighted by atomic mass is 16.3. The van der Waals surface area contributed by atoms with Gasteiger partial charge < -0.3 is 5.11 Å². The molecule has 0 rings (SSSR count). The van der Waals surface area contributed by atoms with Gasteiger partial charge in [-0.05, 0) is 25.5 Å². The van der Waals surface area contributed by atoms with E-state index in [0.29, 0.717) is 5.76 Å². The molecule has 0 heterocycles. The van der Waals surface area contributed by atoms with Gasteiger partial charge >= 0.3 is 0 Å². The summed E-state index contributed by atoms with van der Waals surface area (Å²) >= 11 is 0. The number of aliphatic hydroxyl groups excluding tert-OH is 1. The van der Waals surface area contributed by atoms with E-state index in [1.807, 2.05) is 19.1 Å². The van der Waals surface area contributed by atoms with Gasteiger partial charge in [0.05, 0.1) is 0 Å². The molecule has 0 atom stereocenters. The summed E-state index contributed by atoms with van der Waals surface area (Å²) in [5, 5.41) is 9.07. The lowest BCUT2D eigenvalue weighted by molar-refractivity contribution is 0.432. The van der Waals surface area contributed by atoms with Crippen LogP contribution in [0.1, 0.15) is 26.7 Å². The van der Waals surface area contributed by atoms with Crippen molar-refractivity contribution < 1.29 is 5.11 Å². The summed E-state index contributed by atoms with van der Waals surface area (Å²) in [5.41, 5.74) is 0. The first-order valence-electron chi connectivity index (χ1n) is 3.99. The van der Waals surface area contributed by atoms with Gasteiger partial charge in [0.15, 0.2) is 0 Å². The van der Waals surface area contributed by atoms with Crippen molar-refractivity contribution in [2.45, 2.75) is 26.7 Å². The Bertz CT molecular complexity index is 164. The molecule has 62 valence electrons. The standard InChI is InChI=1S/C10H16O/c1-3-5-6-7-9-10(11)8-4-2/h4,6-9,11H,3,5H2,1-2H3/b7-6+,8-4-,10-9+. The Labute approximate surface area is 68.7 Å². The summed E-state index contributed by atoms with van der Waals surface area (Å²) in [6, 6.07) is 0. The highest BCUT2D eigenvalue weighted by Gasteiger charge is 1.77. The van der Waals surface area contributed by atoms with Gasteiger partial charge in [-0.3, -0.25) is 0 Å². The zero-order valence-corrected chi connectivity index (χ0v) is 7.25. The second-order valence-corrected chi connectivity index (χ2v) is 2.31. The van der Waals surface area contributed by atoms with Gasteiger partial charge in [-0.1, -0.05) is 31.6 Å². The van der Waals surface area contributed by atoms with E-state index in [9.17, 15) is 0 Å². The van der Waals surface area contributed by atoms with E-state index in [1.54, 1.807) is 18.2 Å². The molecule has 0 saturated carbocycles. The van der Waals surface area contributed by atoms with Crippen molar-refractivity contribution in [2.75, 3.05) is 0 Å². The molecule has 0 unspecified atom stereocenters. The van der Waals surface area contributed by atoms with Gasteiger partial charge in [0.2, 0.25) is 0 Å². The first kappa shape index (κ1) is 10.0. The molecule has 0 aromatic rings. The van der Waals surface area contributed by atoms with E-state index in [1.165, 1.54) is 0 Å². The van der Waals surface area contributed by atoms with Crippen molar-refractivity contribution in [3.8, 4) is 0 Å². The average molecular weight is 152 g/mol. The number of aliphatic hydroxyl groups is 1. The molecule has 1 heteroatoms. The van der Waals surface area contributed by atoms with Gasteiger partial charge in [-0.25, -0.2) is 0 Å². The number of allylic oxidation sites excluding steroid dienone is 5. The predicted octanol–water partition coefficient (Wildman–Crippen LogP) is 3.36. The largest absolute Gasteiger partial charge is 0.508 e. The molecule has 0 bridgehead atoms. The summed E-state index contributed by atoms with van der Waals surface area (Å²) in [7, 11) is 0. The quantitative estimate of drug-likeness (QED) is 0.483. The van der Waals surface area contributed by atoms with Gasteiger partial charge in [0.1, 0.15) is 5.76 Å². The van der Waals surface area contributed by atoms with Crippen LogP contribution in [0.2, 0.25) is 0 Å². The third kappa shape index (κ3) is 6.91. The van der Waals surface area contributed by atoms with E-state index in [4.69, 9.17) is 5.11 Å². The second-order valence-electron chi connectivity index (χ2n) is 2.31. The van der Waals surface area contributed by atoms with Crippen molar-refractivity contribution in [1.29, 1.82) is 0 Å². The Hall–Kier alpha value is -0.980. The summed E-state index contributed by atoms with van der Waals surface area (Å²) in [6.45, 7) is 4.00. The molecule has 11 heavy (non-hydrogen) atoms. The number of rotatable bonds is 4. The smallest absolute Gasteiger partial charge is 0.115 e. The minimum atomic E-state index is 0.305. The number of hydrogen-bond donors (Lipinski definition) is 1. The van der Waals surface area contributed by atoms with Crippen LogP contribution in [-0.4, -0.2) is 5.11 Å². The molecule has 0 amide bonds. The van der Waals surface area contributed by atoms with E-state index in [0.717, 1.165) is 12.8 Å². The summed E-state index contributed by atoms with van der Waals surface area (Å²) < 4.78 is 0. The van der Waals surface area contributed by atoms with Crippen LogP contribution in [0.4, 0.5) is 0 Å². The molecule has 0 aliphatic heterocycles. The Balaban J connectivity index is 3.71. The Morgan fingerprint density at radius 3 is 2.73 bits per heavy atom. The first-order chi connectivity index (χ1) is 5.31. The predicted molar refractivity (Wildman–Crippen MR) is 49.6 cm³/mol. The van der Waals surface area contributed by atoms with Crippen LogP contribution in [0, 0.1) is 0 Å². The molecule has 0 fully saturated rings. The lowest BCUT2D eigenvalue weighted by Crippen LogP contribution is -1.70. The number of unbranched alkanes of at least 4 members (excludes halogenated alkanes) is 1.